The molecule has 1 saturated heterocycles. The van der Waals surface area contributed by atoms with Crippen molar-refractivity contribution in [2.45, 2.75) is 44.7 Å². The molecule has 0 spiro atoms. The molecule has 0 aromatic heterocycles. The topological polar surface area (TPSA) is 27.0 Å². The van der Waals surface area contributed by atoms with Gasteiger partial charge in [0.05, 0.1) is 12.6 Å². The summed E-state index contributed by atoms with van der Waals surface area (Å²) in [5, 5.41) is 8.71. The zero-order valence-corrected chi connectivity index (χ0v) is 8.14. The lowest BCUT2D eigenvalue weighted by atomic mass is 10.1. The molecule has 1 rings (SSSR count). The molecule has 74 valence electrons. The monoisotopic (exact) mass is 188 g/mol. The quantitative estimate of drug-likeness (QED) is 0.581. The standard InChI is InChI=1S/C9H14F2N2/c1-8(2,3)13-6-9(10,11)4-7(13)5-12/h7H,4,6H2,1-3H3/t7-/m1/s1. The van der Waals surface area contributed by atoms with E-state index in [0.29, 0.717) is 0 Å². The van der Waals surface area contributed by atoms with E-state index >= 15 is 0 Å². The highest BCUT2D eigenvalue weighted by Gasteiger charge is 2.48. The average molecular weight is 188 g/mol. The summed E-state index contributed by atoms with van der Waals surface area (Å²) in [7, 11) is 0. The zero-order valence-electron chi connectivity index (χ0n) is 8.14. The number of hydrogen-bond acceptors (Lipinski definition) is 2. The fraction of sp³-hybridized carbons (Fsp3) is 0.889. The average Bonchev–Trinajstić information content (AvgIpc) is 2.24. The van der Waals surface area contributed by atoms with Crippen LogP contribution in [0.25, 0.3) is 0 Å². The molecule has 0 unspecified atom stereocenters. The Balaban J connectivity index is 2.83. The van der Waals surface area contributed by atoms with Crippen molar-refractivity contribution >= 4 is 0 Å². The fourth-order valence-electron chi connectivity index (χ4n) is 1.64. The smallest absolute Gasteiger partial charge is 0.263 e. The second-order valence-electron chi connectivity index (χ2n) is 4.50. The van der Waals surface area contributed by atoms with Crippen LogP contribution in [0.15, 0.2) is 0 Å². The molecule has 13 heavy (non-hydrogen) atoms. The number of rotatable bonds is 0. The minimum absolute atomic E-state index is 0.297. The minimum Gasteiger partial charge on any atom is -0.277 e. The normalized spacial score (nSPS) is 28.8. The van der Waals surface area contributed by atoms with Gasteiger partial charge in [0.15, 0.2) is 0 Å². The Hall–Kier alpha value is -0.690. The number of nitrogens with zero attached hydrogens (tertiary/aromatic N) is 2. The first-order chi connectivity index (χ1) is 5.76. The van der Waals surface area contributed by atoms with E-state index in [4.69, 9.17) is 5.26 Å². The van der Waals surface area contributed by atoms with Crippen LogP contribution in [0.3, 0.4) is 0 Å². The molecule has 0 aromatic rings. The number of halogens is 2. The van der Waals surface area contributed by atoms with Crippen molar-refractivity contribution < 1.29 is 8.78 Å². The van der Waals surface area contributed by atoms with E-state index < -0.39 is 12.0 Å². The van der Waals surface area contributed by atoms with E-state index in [9.17, 15) is 8.78 Å². The second kappa shape index (κ2) is 2.91. The fourth-order valence-corrected chi connectivity index (χ4v) is 1.64. The van der Waals surface area contributed by atoms with Gasteiger partial charge in [-0.3, -0.25) is 4.90 Å². The Bertz CT molecular complexity index is 237. The summed E-state index contributed by atoms with van der Waals surface area (Å²) in [6.07, 6.45) is -0.333. The third-order valence-corrected chi connectivity index (χ3v) is 2.28. The van der Waals surface area contributed by atoms with Gasteiger partial charge in [0.25, 0.3) is 5.92 Å². The Morgan fingerprint density at radius 1 is 1.46 bits per heavy atom. The van der Waals surface area contributed by atoms with Gasteiger partial charge < -0.3 is 0 Å². The predicted octanol–water partition coefficient (Wildman–Crippen LogP) is 2.02. The molecular formula is C9H14F2N2. The molecule has 1 aliphatic heterocycles. The second-order valence-corrected chi connectivity index (χ2v) is 4.50. The molecular weight excluding hydrogens is 174 g/mol. The number of alkyl halides is 2. The van der Waals surface area contributed by atoms with Crippen LogP contribution in [-0.4, -0.2) is 28.9 Å². The molecule has 4 heteroatoms. The summed E-state index contributed by atoms with van der Waals surface area (Å²) in [6, 6.07) is 1.28. The third-order valence-electron chi connectivity index (χ3n) is 2.28. The molecule has 0 aliphatic carbocycles. The SMILES string of the molecule is CC(C)(C)N1CC(F)(F)C[C@@H]1C#N. The molecule has 0 aromatic carbocycles. The van der Waals surface area contributed by atoms with Gasteiger partial charge in [-0.25, -0.2) is 8.78 Å². The van der Waals surface area contributed by atoms with Crippen molar-refractivity contribution in [3.8, 4) is 6.07 Å². The van der Waals surface area contributed by atoms with Gasteiger partial charge in [-0.15, -0.1) is 0 Å². The van der Waals surface area contributed by atoms with E-state index in [1.807, 2.05) is 26.8 Å². The molecule has 0 amide bonds. The van der Waals surface area contributed by atoms with Crippen LogP contribution >= 0.6 is 0 Å². The molecule has 0 bridgehead atoms. The maximum absolute atomic E-state index is 13.0. The van der Waals surface area contributed by atoms with Gasteiger partial charge in [-0.05, 0) is 20.8 Å². The van der Waals surface area contributed by atoms with Crippen LogP contribution in [0.1, 0.15) is 27.2 Å². The Morgan fingerprint density at radius 3 is 2.31 bits per heavy atom. The van der Waals surface area contributed by atoms with Crippen LogP contribution in [0.2, 0.25) is 0 Å². The van der Waals surface area contributed by atoms with E-state index in [2.05, 4.69) is 0 Å². The largest absolute Gasteiger partial charge is 0.277 e. The van der Waals surface area contributed by atoms with Crippen molar-refractivity contribution in [3.63, 3.8) is 0 Å². The van der Waals surface area contributed by atoms with Crippen LogP contribution in [0.5, 0.6) is 0 Å². The Kier molecular flexibility index (Phi) is 2.33. The van der Waals surface area contributed by atoms with E-state index in [1.165, 1.54) is 0 Å². The summed E-state index contributed by atoms with van der Waals surface area (Å²) < 4.78 is 25.9. The first-order valence-electron chi connectivity index (χ1n) is 4.30. The van der Waals surface area contributed by atoms with Crippen molar-refractivity contribution in [1.82, 2.24) is 4.90 Å². The first kappa shape index (κ1) is 10.4. The van der Waals surface area contributed by atoms with Gasteiger partial charge in [-0.2, -0.15) is 5.26 Å². The molecule has 0 N–H and O–H groups in total. The van der Waals surface area contributed by atoms with Crippen molar-refractivity contribution in [2.75, 3.05) is 6.54 Å². The van der Waals surface area contributed by atoms with Crippen LogP contribution in [-0.2, 0) is 0 Å². The summed E-state index contributed by atoms with van der Waals surface area (Å²) in [4.78, 5) is 1.56. The molecule has 1 aliphatic rings. The van der Waals surface area contributed by atoms with Gasteiger partial charge in [0, 0.05) is 12.0 Å². The van der Waals surface area contributed by atoms with E-state index in [0.717, 1.165) is 0 Å². The Morgan fingerprint density at radius 2 is 2.00 bits per heavy atom. The lowest BCUT2D eigenvalue weighted by Gasteiger charge is -2.33. The summed E-state index contributed by atoms with van der Waals surface area (Å²) in [5.41, 5.74) is -0.361. The number of likely N-dealkylation sites (tertiary alicyclic amines) is 1. The maximum atomic E-state index is 13.0. The highest BCUT2D eigenvalue weighted by atomic mass is 19.3. The maximum Gasteiger partial charge on any atom is 0.263 e. The summed E-state index contributed by atoms with van der Waals surface area (Å²) in [6.45, 7) is 5.24. The zero-order chi connectivity index (χ0) is 10.3. The molecule has 0 radical (unpaired) electrons. The van der Waals surface area contributed by atoms with Gasteiger partial charge in [0.2, 0.25) is 0 Å². The molecule has 1 fully saturated rings. The van der Waals surface area contributed by atoms with Gasteiger partial charge in [0.1, 0.15) is 6.04 Å². The third kappa shape index (κ3) is 2.16. The van der Waals surface area contributed by atoms with Gasteiger partial charge >= 0.3 is 0 Å². The van der Waals surface area contributed by atoms with Crippen molar-refractivity contribution in [3.05, 3.63) is 0 Å². The Labute approximate surface area is 77.1 Å². The van der Waals surface area contributed by atoms with Crippen LogP contribution < -0.4 is 0 Å². The summed E-state index contributed by atoms with van der Waals surface area (Å²) in [5.74, 6) is -2.70. The highest BCUT2D eigenvalue weighted by Crippen LogP contribution is 2.35. The summed E-state index contributed by atoms with van der Waals surface area (Å²) >= 11 is 0. The highest BCUT2D eigenvalue weighted by molar-refractivity contribution is 5.05. The first-order valence-corrected chi connectivity index (χ1v) is 4.30. The lowest BCUT2D eigenvalue weighted by Crippen LogP contribution is -2.44. The minimum atomic E-state index is -2.70. The van der Waals surface area contributed by atoms with Crippen molar-refractivity contribution in [1.29, 1.82) is 5.26 Å². The van der Waals surface area contributed by atoms with E-state index in [-0.39, 0.29) is 18.5 Å². The number of hydrogen-bond donors (Lipinski definition) is 0. The number of nitriles is 1. The molecule has 0 saturated carbocycles. The van der Waals surface area contributed by atoms with E-state index in [1.54, 1.807) is 4.90 Å². The molecule has 1 atom stereocenters. The van der Waals surface area contributed by atoms with Crippen molar-refractivity contribution in [2.24, 2.45) is 0 Å². The lowest BCUT2D eigenvalue weighted by molar-refractivity contribution is 0.00155. The van der Waals surface area contributed by atoms with Crippen LogP contribution in [0, 0.1) is 11.3 Å². The van der Waals surface area contributed by atoms with Crippen LogP contribution in [0.4, 0.5) is 8.78 Å². The predicted molar refractivity (Wildman–Crippen MR) is 45.4 cm³/mol. The van der Waals surface area contributed by atoms with Gasteiger partial charge in [-0.1, -0.05) is 0 Å². The molecule has 1 heterocycles. The molecule has 2 nitrogen and oxygen atoms in total.